The van der Waals surface area contributed by atoms with Crippen molar-refractivity contribution in [2.75, 3.05) is 7.05 Å². The molecule has 4 heteroatoms. The van der Waals surface area contributed by atoms with Crippen LogP contribution in [-0.2, 0) is 6.42 Å². The molecule has 1 N–H and O–H groups in total. The molecule has 2 nitrogen and oxygen atoms in total. The fourth-order valence-electron chi connectivity index (χ4n) is 2.41. The second kappa shape index (κ2) is 5.88. The molecule has 0 saturated heterocycles. The summed E-state index contributed by atoms with van der Waals surface area (Å²) in [4.78, 5) is 0. The third kappa shape index (κ3) is 3.09. The maximum atomic E-state index is 13.0. The Kier molecular flexibility index (Phi) is 3.95. The number of benzene rings is 2. The zero-order chi connectivity index (χ0) is 14.8. The molecule has 108 valence electrons. The largest absolute Gasteiger partial charge is 0.459 e. The lowest BCUT2D eigenvalue weighted by atomic mass is 10.0. The first-order valence-corrected chi connectivity index (χ1v) is 7.14. The van der Waals surface area contributed by atoms with E-state index in [-0.39, 0.29) is 11.9 Å². The van der Waals surface area contributed by atoms with E-state index in [1.807, 2.05) is 31.3 Å². The lowest BCUT2D eigenvalue weighted by Gasteiger charge is -2.13. The number of nitrogens with one attached hydrogen (secondary N) is 1. The van der Waals surface area contributed by atoms with Gasteiger partial charge < -0.3 is 9.73 Å². The van der Waals surface area contributed by atoms with Crippen LogP contribution in [0.15, 0.2) is 52.9 Å². The molecule has 0 aliphatic heterocycles. The number of halogens is 2. The van der Waals surface area contributed by atoms with Gasteiger partial charge in [-0.15, -0.1) is 0 Å². The van der Waals surface area contributed by atoms with Gasteiger partial charge in [-0.05, 0) is 55.4 Å². The normalized spacial score (nSPS) is 12.7. The van der Waals surface area contributed by atoms with Crippen molar-refractivity contribution in [1.29, 1.82) is 0 Å². The SMILES string of the molecule is CNC(Cc1ccc(F)cc1)c1cc2cc(Cl)ccc2o1. The van der Waals surface area contributed by atoms with Crippen molar-refractivity contribution in [1.82, 2.24) is 5.32 Å². The van der Waals surface area contributed by atoms with Gasteiger partial charge in [0.2, 0.25) is 0 Å². The van der Waals surface area contributed by atoms with Crippen LogP contribution in [0.2, 0.25) is 5.02 Å². The maximum absolute atomic E-state index is 13.0. The molecule has 1 atom stereocenters. The molecule has 1 heterocycles. The number of hydrogen-bond donors (Lipinski definition) is 1. The van der Waals surface area contributed by atoms with E-state index in [1.165, 1.54) is 12.1 Å². The van der Waals surface area contributed by atoms with E-state index in [0.717, 1.165) is 28.7 Å². The van der Waals surface area contributed by atoms with Gasteiger partial charge in [-0.25, -0.2) is 4.39 Å². The zero-order valence-electron chi connectivity index (χ0n) is 11.6. The number of furan rings is 1. The van der Waals surface area contributed by atoms with Crippen molar-refractivity contribution in [2.45, 2.75) is 12.5 Å². The van der Waals surface area contributed by atoms with Crippen LogP contribution in [0.25, 0.3) is 11.0 Å². The predicted octanol–water partition coefficient (Wildman–Crippen LogP) is 4.73. The maximum Gasteiger partial charge on any atom is 0.134 e. The van der Waals surface area contributed by atoms with E-state index in [0.29, 0.717) is 5.02 Å². The molecule has 3 rings (SSSR count). The second-order valence-electron chi connectivity index (χ2n) is 5.00. The number of fused-ring (bicyclic) bond motifs is 1. The molecule has 0 fully saturated rings. The van der Waals surface area contributed by atoms with Crippen LogP contribution in [0.4, 0.5) is 4.39 Å². The monoisotopic (exact) mass is 303 g/mol. The topological polar surface area (TPSA) is 25.2 Å². The fourth-order valence-corrected chi connectivity index (χ4v) is 2.59. The van der Waals surface area contributed by atoms with Crippen molar-refractivity contribution < 1.29 is 8.81 Å². The standard InChI is InChI=1S/C17H15ClFNO/c1-20-15(8-11-2-5-14(19)6-3-11)17-10-12-9-13(18)4-7-16(12)21-17/h2-7,9-10,15,20H,8H2,1H3. The van der Waals surface area contributed by atoms with E-state index in [4.69, 9.17) is 16.0 Å². The highest BCUT2D eigenvalue weighted by Gasteiger charge is 2.15. The van der Waals surface area contributed by atoms with Crippen LogP contribution in [0.1, 0.15) is 17.4 Å². The summed E-state index contributed by atoms with van der Waals surface area (Å²) in [6.45, 7) is 0. The summed E-state index contributed by atoms with van der Waals surface area (Å²) in [5.41, 5.74) is 1.86. The molecule has 3 aromatic rings. The Balaban J connectivity index is 1.88. The summed E-state index contributed by atoms with van der Waals surface area (Å²) >= 11 is 5.99. The first-order valence-electron chi connectivity index (χ1n) is 6.76. The number of hydrogen-bond acceptors (Lipinski definition) is 2. The van der Waals surface area contributed by atoms with E-state index in [9.17, 15) is 4.39 Å². The van der Waals surface area contributed by atoms with Gasteiger partial charge in [0.1, 0.15) is 17.2 Å². The summed E-state index contributed by atoms with van der Waals surface area (Å²) in [6.07, 6.45) is 0.727. The van der Waals surface area contributed by atoms with Gasteiger partial charge >= 0.3 is 0 Å². The highest BCUT2D eigenvalue weighted by molar-refractivity contribution is 6.31. The molecule has 0 aliphatic carbocycles. The number of likely N-dealkylation sites (N-methyl/N-ethyl adjacent to an activating group) is 1. The van der Waals surface area contributed by atoms with E-state index >= 15 is 0 Å². The van der Waals surface area contributed by atoms with Crippen molar-refractivity contribution in [3.8, 4) is 0 Å². The van der Waals surface area contributed by atoms with E-state index in [1.54, 1.807) is 12.1 Å². The van der Waals surface area contributed by atoms with Crippen LogP contribution in [0.3, 0.4) is 0 Å². The third-order valence-corrected chi connectivity index (χ3v) is 3.78. The summed E-state index contributed by atoms with van der Waals surface area (Å²) in [5, 5.41) is 4.91. The van der Waals surface area contributed by atoms with Crippen LogP contribution in [0, 0.1) is 5.82 Å². The molecule has 2 aromatic carbocycles. The average Bonchev–Trinajstić information content (AvgIpc) is 2.89. The Morgan fingerprint density at radius 2 is 1.90 bits per heavy atom. The highest BCUT2D eigenvalue weighted by atomic mass is 35.5. The van der Waals surface area contributed by atoms with Crippen molar-refractivity contribution in [2.24, 2.45) is 0 Å². The lowest BCUT2D eigenvalue weighted by molar-refractivity contribution is 0.451. The van der Waals surface area contributed by atoms with Gasteiger partial charge in [-0.3, -0.25) is 0 Å². The first kappa shape index (κ1) is 14.1. The molecule has 0 aliphatic rings. The molecular weight excluding hydrogens is 289 g/mol. The molecular formula is C17H15ClFNO. The molecule has 0 radical (unpaired) electrons. The molecule has 0 bridgehead atoms. The Labute approximate surface area is 127 Å². The summed E-state index contributed by atoms with van der Waals surface area (Å²) in [7, 11) is 1.88. The van der Waals surface area contributed by atoms with Crippen molar-refractivity contribution in [3.05, 3.63) is 70.7 Å². The fraction of sp³-hybridized carbons (Fsp3) is 0.176. The van der Waals surface area contributed by atoms with Crippen LogP contribution in [0.5, 0.6) is 0 Å². The smallest absolute Gasteiger partial charge is 0.134 e. The molecule has 0 saturated carbocycles. The Morgan fingerprint density at radius 1 is 1.14 bits per heavy atom. The van der Waals surface area contributed by atoms with E-state index < -0.39 is 0 Å². The summed E-state index contributed by atoms with van der Waals surface area (Å²) < 4.78 is 18.8. The summed E-state index contributed by atoms with van der Waals surface area (Å²) in [5.74, 6) is 0.622. The average molecular weight is 304 g/mol. The van der Waals surface area contributed by atoms with Crippen LogP contribution in [-0.4, -0.2) is 7.05 Å². The predicted molar refractivity (Wildman–Crippen MR) is 83.1 cm³/mol. The minimum Gasteiger partial charge on any atom is -0.459 e. The second-order valence-corrected chi connectivity index (χ2v) is 5.44. The van der Waals surface area contributed by atoms with Gasteiger partial charge in [0.15, 0.2) is 0 Å². The third-order valence-electron chi connectivity index (χ3n) is 3.54. The van der Waals surface area contributed by atoms with E-state index in [2.05, 4.69) is 5.32 Å². The lowest BCUT2D eigenvalue weighted by Crippen LogP contribution is -2.18. The summed E-state index contributed by atoms with van der Waals surface area (Å²) in [6, 6.07) is 14.1. The van der Waals surface area contributed by atoms with Gasteiger partial charge in [0, 0.05) is 10.4 Å². The zero-order valence-corrected chi connectivity index (χ0v) is 12.3. The minimum absolute atomic E-state index is 0.0293. The minimum atomic E-state index is -0.224. The van der Waals surface area contributed by atoms with Crippen molar-refractivity contribution >= 4 is 22.6 Å². The highest BCUT2D eigenvalue weighted by Crippen LogP contribution is 2.28. The van der Waals surface area contributed by atoms with Gasteiger partial charge in [-0.2, -0.15) is 0 Å². The quantitative estimate of drug-likeness (QED) is 0.754. The molecule has 21 heavy (non-hydrogen) atoms. The molecule has 0 amide bonds. The van der Waals surface area contributed by atoms with Gasteiger partial charge in [0.05, 0.1) is 6.04 Å². The van der Waals surface area contributed by atoms with Crippen LogP contribution < -0.4 is 5.32 Å². The van der Waals surface area contributed by atoms with Crippen LogP contribution >= 0.6 is 11.6 Å². The molecule has 0 spiro atoms. The Morgan fingerprint density at radius 3 is 2.62 bits per heavy atom. The number of rotatable bonds is 4. The molecule has 1 aromatic heterocycles. The molecule has 1 unspecified atom stereocenters. The Hall–Kier alpha value is -1.84. The first-order chi connectivity index (χ1) is 10.2. The van der Waals surface area contributed by atoms with Crippen molar-refractivity contribution in [3.63, 3.8) is 0 Å². The van der Waals surface area contributed by atoms with Gasteiger partial charge in [0.25, 0.3) is 0 Å². The van der Waals surface area contributed by atoms with Gasteiger partial charge in [-0.1, -0.05) is 23.7 Å². The Bertz CT molecular complexity index is 751.